The third kappa shape index (κ3) is 4.41. The molecule has 0 heterocycles. The summed E-state index contributed by atoms with van der Waals surface area (Å²) in [6.45, 7) is 15.7. The summed E-state index contributed by atoms with van der Waals surface area (Å²) in [5.74, 6) is -0.428. The van der Waals surface area contributed by atoms with E-state index in [1.165, 1.54) is 0 Å². The quantitative estimate of drug-likeness (QED) is 0.521. The maximum absolute atomic E-state index is 12.6. The summed E-state index contributed by atoms with van der Waals surface area (Å²) in [5.41, 5.74) is -0.276. The minimum Gasteiger partial charge on any atom is -0.466 e. The van der Waals surface area contributed by atoms with Gasteiger partial charge in [0.2, 0.25) is 0 Å². The van der Waals surface area contributed by atoms with Gasteiger partial charge in [0.15, 0.2) is 8.32 Å². The molecule has 0 amide bonds. The molecule has 1 N–H and O–H groups in total. The van der Waals surface area contributed by atoms with Crippen LogP contribution in [-0.2, 0) is 14.0 Å². The lowest BCUT2D eigenvalue weighted by Gasteiger charge is -2.49. The zero-order chi connectivity index (χ0) is 18.5. The third-order valence-electron chi connectivity index (χ3n) is 6.37. The summed E-state index contributed by atoms with van der Waals surface area (Å²) in [5, 5.41) is 10.5. The Morgan fingerprint density at radius 2 is 1.71 bits per heavy atom. The van der Waals surface area contributed by atoms with Gasteiger partial charge in [0.05, 0.1) is 18.6 Å². The third-order valence-corrected chi connectivity index (χ3v) is 11.0. The zero-order valence-corrected chi connectivity index (χ0v) is 17.7. The monoisotopic (exact) mass is 358 g/mol. The smallest absolute Gasteiger partial charge is 0.309 e. The van der Waals surface area contributed by atoms with Crippen LogP contribution in [0.2, 0.25) is 18.1 Å². The van der Waals surface area contributed by atoms with Crippen molar-refractivity contribution in [3.63, 3.8) is 0 Å². The molecule has 1 aliphatic rings. The summed E-state index contributed by atoms with van der Waals surface area (Å²) in [7, 11) is -1.71. The SMILES string of the molecule is CCOC(=O)[C@@H]1[C@@H](C)[C@@H](O)[C@@H](C)C[C@@]1(C)CO[Si](CC)(CC)CC. The second-order valence-corrected chi connectivity index (χ2v) is 12.7. The standard InChI is InChI=1S/C19H38O4Si/c1-8-22-18(21)16-15(6)17(20)14(5)12-19(16,7)13-23-24(9-2,10-3)11-4/h14-17,20H,8-13H2,1-7H3/t14-,15+,16-,17-,19-/m0/s1. The van der Waals surface area contributed by atoms with Crippen LogP contribution in [0, 0.1) is 23.2 Å². The van der Waals surface area contributed by atoms with Crippen molar-refractivity contribution in [2.75, 3.05) is 13.2 Å². The number of aliphatic hydroxyl groups is 1. The first-order valence-corrected chi connectivity index (χ1v) is 12.2. The fraction of sp³-hybridized carbons (Fsp3) is 0.947. The van der Waals surface area contributed by atoms with E-state index in [9.17, 15) is 9.90 Å². The number of carbonyl (C=O) groups is 1. The van der Waals surface area contributed by atoms with Gasteiger partial charge in [-0.25, -0.2) is 0 Å². The van der Waals surface area contributed by atoms with Crippen molar-refractivity contribution in [1.82, 2.24) is 0 Å². The zero-order valence-electron chi connectivity index (χ0n) is 16.7. The molecule has 0 aromatic heterocycles. The summed E-state index contributed by atoms with van der Waals surface area (Å²) < 4.78 is 11.9. The second kappa shape index (κ2) is 8.81. The number of carbonyl (C=O) groups excluding carboxylic acids is 1. The van der Waals surface area contributed by atoms with Gasteiger partial charge >= 0.3 is 5.97 Å². The number of hydrogen-bond donors (Lipinski definition) is 1. The molecular formula is C19H38O4Si. The van der Waals surface area contributed by atoms with Gasteiger partial charge in [-0.2, -0.15) is 0 Å². The Hall–Kier alpha value is -0.393. The molecule has 0 radical (unpaired) electrons. The molecule has 5 heteroatoms. The Labute approximate surface area is 149 Å². The first-order chi connectivity index (χ1) is 11.2. The Kier molecular flexibility index (Phi) is 7.95. The Morgan fingerprint density at radius 1 is 1.17 bits per heavy atom. The average Bonchev–Trinajstić information content (AvgIpc) is 2.55. The molecule has 0 aliphatic heterocycles. The van der Waals surface area contributed by atoms with Crippen LogP contribution in [0.3, 0.4) is 0 Å². The van der Waals surface area contributed by atoms with Crippen LogP contribution < -0.4 is 0 Å². The van der Waals surface area contributed by atoms with Gasteiger partial charge in [-0.05, 0) is 43.3 Å². The Bertz CT molecular complexity index is 402. The fourth-order valence-corrected chi connectivity index (χ4v) is 7.34. The van der Waals surface area contributed by atoms with E-state index < -0.39 is 14.4 Å². The molecule has 0 aromatic carbocycles. The highest BCUT2D eigenvalue weighted by Crippen LogP contribution is 2.48. The Morgan fingerprint density at radius 3 is 2.17 bits per heavy atom. The van der Waals surface area contributed by atoms with Crippen molar-refractivity contribution >= 4 is 14.3 Å². The predicted molar refractivity (Wildman–Crippen MR) is 100 cm³/mol. The molecule has 0 bridgehead atoms. The van der Waals surface area contributed by atoms with E-state index in [-0.39, 0.29) is 29.1 Å². The van der Waals surface area contributed by atoms with Gasteiger partial charge in [-0.3, -0.25) is 4.79 Å². The molecule has 1 aliphatic carbocycles. The van der Waals surface area contributed by atoms with Crippen LogP contribution >= 0.6 is 0 Å². The van der Waals surface area contributed by atoms with Gasteiger partial charge in [0.1, 0.15) is 0 Å². The highest BCUT2D eigenvalue weighted by atomic mass is 28.4. The van der Waals surface area contributed by atoms with Gasteiger partial charge in [-0.15, -0.1) is 0 Å². The van der Waals surface area contributed by atoms with Crippen molar-refractivity contribution in [2.45, 2.75) is 79.1 Å². The van der Waals surface area contributed by atoms with E-state index in [2.05, 4.69) is 34.6 Å². The lowest BCUT2D eigenvalue weighted by molar-refractivity contribution is -0.169. The van der Waals surface area contributed by atoms with Crippen LogP contribution in [0.25, 0.3) is 0 Å². The molecule has 4 nitrogen and oxygen atoms in total. The average molecular weight is 359 g/mol. The fourth-order valence-electron chi connectivity index (χ4n) is 4.59. The number of hydrogen-bond acceptors (Lipinski definition) is 4. The van der Waals surface area contributed by atoms with Gasteiger partial charge in [-0.1, -0.05) is 41.5 Å². The number of aliphatic hydroxyl groups excluding tert-OH is 1. The van der Waals surface area contributed by atoms with Crippen LogP contribution in [0.5, 0.6) is 0 Å². The summed E-state index contributed by atoms with van der Waals surface area (Å²) in [4.78, 5) is 12.6. The predicted octanol–water partition coefficient (Wildman–Crippen LogP) is 4.23. The molecule has 1 saturated carbocycles. The van der Waals surface area contributed by atoms with E-state index in [1.807, 2.05) is 13.8 Å². The number of ether oxygens (including phenoxy) is 1. The maximum atomic E-state index is 12.6. The lowest BCUT2D eigenvalue weighted by atomic mass is 9.59. The maximum Gasteiger partial charge on any atom is 0.309 e. The van der Waals surface area contributed by atoms with E-state index >= 15 is 0 Å². The van der Waals surface area contributed by atoms with Crippen molar-refractivity contribution in [2.24, 2.45) is 23.2 Å². The summed E-state index contributed by atoms with van der Waals surface area (Å²) in [6.07, 6.45) is 0.335. The highest BCUT2D eigenvalue weighted by Gasteiger charge is 2.52. The van der Waals surface area contributed by atoms with Gasteiger partial charge in [0.25, 0.3) is 0 Å². The molecule has 5 atom stereocenters. The molecule has 0 spiro atoms. The minimum absolute atomic E-state index is 0.109. The largest absolute Gasteiger partial charge is 0.466 e. The van der Waals surface area contributed by atoms with Crippen LogP contribution in [0.1, 0.15) is 54.9 Å². The van der Waals surface area contributed by atoms with Crippen molar-refractivity contribution in [1.29, 1.82) is 0 Å². The second-order valence-electron chi connectivity index (χ2n) is 7.95. The number of rotatable bonds is 8. The van der Waals surface area contributed by atoms with Crippen molar-refractivity contribution in [3.05, 3.63) is 0 Å². The summed E-state index contributed by atoms with van der Waals surface area (Å²) >= 11 is 0. The van der Waals surface area contributed by atoms with Crippen LogP contribution in [-0.4, -0.2) is 38.7 Å². The molecule has 0 saturated heterocycles. The van der Waals surface area contributed by atoms with Crippen molar-refractivity contribution < 1.29 is 19.1 Å². The number of esters is 1. The Balaban J connectivity index is 3.05. The topological polar surface area (TPSA) is 55.8 Å². The molecule has 24 heavy (non-hydrogen) atoms. The van der Waals surface area contributed by atoms with Crippen molar-refractivity contribution in [3.8, 4) is 0 Å². The molecule has 1 fully saturated rings. The van der Waals surface area contributed by atoms with E-state index in [0.29, 0.717) is 13.2 Å². The first kappa shape index (κ1) is 21.6. The molecule has 142 valence electrons. The van der Waals surface area contributed by atoms with E-state index in [4.69, 9.17) is 9.16 Å². The van der Waals surface area contributed by atoms with E-state index in [1.54, 1.807) is 0 Å². The van der Waals surface area contributed by atoms with Gasteiger partial charge in [0, 0.05) is 12.0 Å². The molecule has 1 rings (SSSR count). The van der Waals surface area contributed by atoms with E-state index in [0.717, 1.165) is 24.6 Å². The normalized spacial score (nSPS) is 34.2. The molecule has 0 unspecified atom stereocenters. The molecule has 0 aromatic rings. The van der Waals surface area contributed by atoms with Crippen LogP contribution in [0.4, 0.5) is 0 Å². The summed E-state index contributed by atoms with van der Waals surface area (Å²) in [6, 6.07) is 3.32. The van der Waals surface area contributed by atoms with Gasteiger partial charge < -0.3 is 14.3 Å². The van der Waals surface area contributed by atoms with Crippen LogP contribution in [0.15, 0.2) is 0 Å². The lowest BCUT2D eigenvalue weighted by Crippen LogP contribution is -2.54. The first-order valence-electron chi connectivity index (χ1n) is 9.68. The minimum atomic E-state index is -1.71. The highest BCUT2D eigenvalue weighted by molar-refractivity contribution is 6.73. The molecular weight excluding hydrogens is 320 g/mol.